The summed E-state index contributed by atoms with van der Waals surface area (Å²) in [4.78, 5) is 11.6. The Bertz CT molecular complexity index is 218. The van der Waals surface area contributed by atoms with Gasteiger partial charge in [-0.05, 0) is 31.7 Å². The minimum atomic E-state index is 0.234. The number of hydrogen-bond donors (Lipinski definition) is 2. The number of amides is 1. The summed E-state index contributed by atoms with van der Waals surface area (Å²) < 4.78 is 0. The molecule has 2 N–H and O–H groups in total. The van der Waals surface area contributed by atoms with Gasteiger partial charge in [0.1, 0.15) is 0 Å². The molecule has 92 valence electrons. The van der Waals surface area contributed by atoms with Gasteiger partial charge in [-0.1, -0.05) is 25.7 Å². The Morgan fingerprint density at radius 3 is 2.69 bits per heavy atom. The Kier molecular flexibility index (Phi) is 4.64. The van der Waals surface area contributed by atoms with Crippen LogP contribution in [0.2, 0.25) is 0 Å². The molecule has 1 saturated carbocycles. The third-order valence-corrected chi connectivity index (χ3v) is 3.94. The van der Waals surface area contributed by atoms with Gasteiger partial charge in [0, 0.05) is 19.0 Å². The highest BCUT2D eigenvalue weighted by atomic mass is 16.1. The van der Waals surface area contributed by atoms with E-state index >= 15 is 0 Å². The third kappa shape index (κ3) is 3.78. The highest BCUT2D eigenvalue weighted by Gasteiger charge is 2.18. The molecule has 0 radical (unpaired) electrons. The Balaban J connectivity index is 1.52. The Morgan fingerprint density at radius 1 is 1.19 bits per heavy atom. The average Bonchev–Trinajstić information content (AvgIpc) is 2.90. The van der Waals surface area contributed by atoms with E-state index in [1.165, 1.54) is 38.5 Å². The van der Waals surface area contributed by atoms with E-state index in [-0.39, 0.29) is 5.91 Å². The lowest BCUT2D eigenvalue weighted by Gasteiger charge is -2.12. The standard InChI is InChI=1S/C13H24N2O/c16-13(10-12-6-3-8-14-12)15-9-7-11-4-1-2-5-11/h11-12,14H,1-10H2,(H,15,16). The smallest absolute Gasteiger partial charge is 0.221 e. The first kappa shape index (κ1) is 11.9. The van der Waals surface area contributed by atoms with E-state index in [4.69, 9.17) is 0 Å². The fourth-order valence-corrected chi connectivity index (χ4v) is 2.94. The van der Waals surface area contributed by atoms with Crippen LogP contribution in [0.25, 0.3) is 0 Å². The Labute approximate surface area is 98.4 Å². The lowest BCUT2D eigenvalue weighted by Crippen LogP contribution is -2.32. The van der Waals surface area contributed by atoms with E-state index in [1.807, 2.05) is 0 Å². The van der Waals surface area contributed by atoms with Crippen LogP contribution in [-0.4, -0.2) is 25.0 Å². The topological polar surface area (TPSA) is 41.1 Å². The summed E-state index contributed by atoms with van der Waals surface area (Å²) in [6.45, 7) is 1.97. The van der Waals surface area contributed by atoms with E-state index in [2.05, 4.69) is 10.6 Å². The van der Waals surface area contributed by atoms with Gasteiger partial charge in [-0.15, -0.1) is 0 Å². The first-order valence-corrected chi connectivity index (χ1v) is 6.84. The molecule has 0 aromatic carbocycles. The molecule has 3 nitrogen and oxygen atoms in total. The van der Waals surface area contributed by atoms with Crippen LogP contribution < -0.4 is 10.6 Å². The van der Waals surface area contributed by atoms with Crippen molar-refractivity contribution in [2.75, 3.05) is 13.1 Å². The molecule has 2 aliphatic rings. The first-order chi connectivity index (χ1) is 7.84. The van der Waals surface area contributed by atoms with Gasteiger partial charge >= 0.3 is 0 Å². The fraction of sp³-hybridized carbons (Fsp3) is 0.923. The van der Waals surface area contributed by atoms with Crippen LogP contribution in [-0.2, 0) is 4.79 Å². The Morgan fingerprint density at radius 2 is 2.00 bits per heavy atom. The summed E-state index contributed by atoms with van der Waals surface area (Å²) in [7, 11) is 0. The highest BCUT2D eigenvalue weighted by Crippen LogP contribution is 2.26. The minimum Gasteiger partial charge on any atom is -0.356 e. The summed E-state index contributed by atoms with van der Waals surface area (Å²) in [6.07, 6.45) is 9.78. The quantitative estimate of drug-likeness (QED) is 0.748. The number of hydrogen-bond acceptors (Lipinski definition) is 2. The predicted molar refractivity (Wildman–Crippen MR) is 65.2 cm³/mol. The summed E-state index contributed by atoms with van der Waals surface area (Å²) in [6, 6.07) is 0.437. The van der Waals surface area contributed by atoms with E-state index in [0.29, 0.717) is 12.5 Å². The SMILES string of the molecule is O=C(CC1CCCN1)NCCC1CCCC1. The third-order valence-electron chi connectivity index (χ3n) is 3.94. The predicted octanol–water partition coefficient (Wildman–Crippen LogP) is 1.82. The molecule has 1 aliphatic heterocycles. The van der Waals surface area contributed by atoms with Gasteiger partial charge in [-0.2, -0.15) is 0 Å². The van der Waals surface area contributed by atoms with Crippen molar-refractivity contribution in [3.63, 3.8) is 0 Å². The molecule has 1 atom stereocenters. The van der Waals surface area contributed by atoms with E-state index in [9.17, 15) is 4.79 Å². The summed E-state index contributed by atoms with van der Waals surface area (Å²) in [5.74, 6) is 1.11. The summed E-state index contributed by atoms with van der Waals surface area (Å²) >= 11 is 0. The zero-order chi connectivity index (χ0) is 11.2. The monoisotopic (exact) mass is 224 g/mol. The maximum atomic E-state index is 11.6. The molecule has 0 aromatic heterocycles. The second-order valence-electron chi connectivity index (χ2n) is 5.29. The first-order valence-electron chi connectivity index (χ1n) is 6.84. The molecule has 0 spiro atoms. The lowest BCUT2D eigenvalue weighted by atomic mass is 10.0. The van der Waals surface area contributed by atoms with Gasteiger partial charge in [0.05, 0.1) is 0 Å². The average molecular weight is 224 g/mol. The number of carbonyl (C=O) groups excluding carboxylic acids is 1. The molecule has 0 aromatic rings. The molecule has 16 heavy (non-hydrogen) atoms. The number of carbonyl (C=O) groups is 1. The zero-order valence-electron chi connectivity index (χ0n) is 10.1. The van der Waals surface area contributed by atoms with Gasteiger partial charge in [-0.3, -0.25) is 4.79 Å². The van der Waals surface area contributed by atoms with Crippen LogP contribution in [0, 0.1) is 5.92 Å². The van der Waals surface area contributed by atoms with Crippen LogP contribution in [0.3, 0.4) is 0 Å². The van der Waals surface area contributed by atoms with Crippen LogP contribution in [0.4, 0.5) is 0 Å². The molecule has 2 fully saturated rings. The van der Waals surface area contributed by atoms with Gasteiger partial charge in [-0.25, -0.2) is 0 Å². The zero-order valence-corrected chi connectivity index (χ0v) is 10.1. The molecule has 2 rings (SSSR count). The second kappa shape index (κ2) is 6.24. The van der Waals surface area contributed by atoms with Crippen molar-refractivity contribution >= 4 is 5.91 Å². The van der Waals surface area contributed by atoms with Crippen molar-refractivity contribution in [2.45, 2.75) is 57.4 Å². The molecular weight excluding hydrogens is 200 g/mol. The molecule has 1 unspecified atom stereocenters. The molecule has 3 heteroatoms. The largest absolute Gasteiger partial charge is 0.356 e. The van der Waals surface area contributed by atoms with Crippen molar-refractivity contribution < 1.29 is 4.79 Å². The summed E-state index contributed by atoms with van der Waals surface area (Å²) in [5, 5.41) is 6.42. The van der Waals surface area contributed by atoms with E-state index in [1.54, 1.807) is 0 Å². The molecule has 0 bridgehead atoms. The maximum Gasteiger partial charge on any atom is 0.221 e. The van der Waals surface area contributed by atoms with Gasteiger partial charge < -0.3 is 10.6 Å². The molecule has 1 saturated heterocycles. The molecule has 1 aliphatic carbocycles. The highest BCUT2D eigenvalue weighted by molar-refractivity contribution is 5.76. The van der Waals surface area contributed by atoms with Crippen LogP contribution in [0.5, 0.6) is 0 Å². The fourth-order valence-electron chi connectivity index (χ4n) is 2.94. The second-order valence-corrected chi connectivity index (χ2v) is 5.29. The summed E-state index contributed by atoms with van der Waals surface area (Å²) in [5.41, 5.74) is 0. The Hall–Kier alpha value is -0.570. The van der Waals surface area contributed by atoms with Crippen molar-refractivity contribution in [1.82, 2.24) is 10.6 Å². The lowest BCUT2D eigenvalue weighted by molar-refractivity contribution is -0.121. The van der Waals surface area contributed by atoms with Gasteiger partial charge in [0.25, 0.3) is 0 Å². The molecule has 1 amide bonds. The van der Waals surface area contributed by atoms with Crippen molar-refractivity contribution in [3.05, 3.63) is 0 Å². The maximum absolute atomic E-state index is 11.6. The molecule has 1 heterocycles. The number of nitrogens with one attached hydrogen (secondary N) is 2. The number of rotatable bonds is 5. The van der Waals surface area contributed by atoms with Crippen molar-refractivity contribution in [1.29, 1.82) is 0 Å². The van der Waals surface area contributed by atoms with Crippen LogP contribution in [0.1, 0.15) is 51.4 Å². The van der Waals surface area contributed by atoms with Crippen LogP contribution in [0.15, 0.2) is 0 Å². The normalized spacial score (nSPS) is 26.1. The van der Waals surface area contributed by atoms with Gasteiger partial charge in [0.15, 0.2) is 0 Å². The van der Waals surface area contributed by atoms with Crippen molar-refractivity contribution in [3.8, 4) is 0 Å². The van der Waals surface area contributed by atoms with Crippen LogP contribution >= 0.6 is 0 Å². The van der Waals surface area contributed by atoms with Crippen molar-refractivity contribution in [2.24, 2.45) is 5.92 Å². The van der Waals surface area contributed by atoms with E-state index in [0.717, 1.165) is 25.4 Å². The van der Waals surface area contributed by atoms with Gasteiger partial charge in [0.2, 0.25) is 5.91 Å². The molecular formula is C13H24N2O. The van der Waals surface area contributed by atoms with E-state index < -0.39 is 0 Å². The minimum absolute atomic E-state index is 0.234.